The summed E-state index contributed by atoms with van der Waals surface area (Å²) in [5.41, 5.74) is 10.5. The van der Waals surface area contributed by atoms with Crippen LogP contribution in [0.15, 0.2) is 35.7 Å². The largest absolute Gasteiger partial charge is 0.326 e. The summed E-state index contributed by atoms with van der Waals surface area (Å²) in [6.07, 6.45) is 1.15. The number of nitrogens with zero attached hydrogens (tertiary/aromatic N) is 1. The molecule has 2 N–H and O–H groups in total. The van der Waals surface area contributed by atoms with E-state index in [0.29, 0.717) is 6.04 Å². The highest BCUT2D eigenvalue weighted by Gasteiger charge is 2.32. The minimum atomic E-state index is 0.120. The SMILES string of the molecule is Cc1cccc(C(C(C)N)N2CCc3sccc3C2C)c1. The van der Waals surface area contributed by atoms with Gasteiger partial charge in [0.25, 0.3) is 0 Å². The van der Waals surface area contributed by atoms with Gasteiger partial charge in [-0.3, -0.25) is 4.90 Å². The fourth-order valence-corrected chi connectivity index (χ4v) is 4.52. The topological polar surface area (TPSA) is 29.3 Å². The molecule has 0 aliphatic carbocycles. The fraction of sp³-hybridized carbons (Fsp3) is 0.444. The second-order valence-corrected chi connectivity index (χ2v) is 7.18. The van der Waals surface area contributed by atoms with Crippen molar-refractivity contribution in [3.63, 3.8) is 0 Å². The molecule has 0 saturated carbocycles. The molecule has 0 spiro atoms. The number of nitrogens with two attached hydrogens (primary N) is 1. The molecule has 112 valence electrons. The second-order valence-electron chi connectivity index (χ2n) is 6.18. The number of hydrogen-bond acceptors (Lipinski definition) is 3. The summed E-state index contributed by atoms with van der Waals surface area (Å²) in [5.74, 6) is 0. The lowest BCUT2D eigenvalue weighted by atomic mass is 9.92. The van der Waals surface area contributed by atoms with E-state index in [-0.39, 0.29) is 12.1 Å². The molecule has 2 aromatic rings. The van der Waals surface area contributed by atoms with Gasteiger partial charge in [0.1, 0.15) is 0 Å². The van der Waals surface area contributed by atoms with Crippen molar-refractivity contribution >= 4 is 11.3 Å². The molecule has 1 aliphatic heterocycles. The van der Waals surface area contributed by atoms with Crippen LogP contribution in [0.25, 0.3) is 0 Å². The lowest BCUT2D eigenvalue weighted by molar-refractivity contribution is 0.119. The van der Waals surface area contributed by atoms with Crippen molar-refractivity contribution < 1.29 is 0 Å². The van der Waals surface area contributed by atoms with Crippen LogP contribution in [0.3, 0.4) is 0 Å². The molecule has 3 heteroatoms. The van der Waals surface area contributed by atoms with Gasteiger partial charge in [0, 0.05) is 23.5 Å². The zero-order valence-corrected chi connectivity index (χ0v) is 13.9. The van der Waals surface area contributed by atoms with E-state index in [1.807, 2.05) is 11.3 Å². The lowest BCUT2D eigenvalue weighted by Gasteiger charge is -2.41. The molecule has 0 amide bonds. The van der Waals surface area contributed by atoms with E-state index in [1.54, 1.807) is 4.88 Å². The second kappa shape index (κ2) is 5.91. The molecule has 0 fully saturated rings. The molecule has 1 aliphatic rings. The van der Waals surface area contributed by atoms with Crippen molar-refractivity contribution in [2.75, 3.05) is 6.54 Å². The van der Waals surface area contributed by atoms with Crippen LogP contribution in [-0.2, 0) is 6.42 Å². The van der Waals surface area contributed by atoms with E-state index >= 15 is 0 Å². The highest BCUT2D eigenvalue weighted by molar-refractivity contribution is 7.10. The first-order chi connectivity index (χ1) is 10.1. The van der Waals surface area contributed by atoms with E-state index in [4.69, 9.17) is 5.73 Å². The summed E-state index contributed by atoms with van der Waals surface area (Å²) < 4.78 is 0. The smallest absolute Gasteiger partial charge is 0.0502 e. The minimum absolute atomic E-state index is 0.120. The van der Waals surface area contributed by atoms with Crippen molar-refractivity contribution in [1.29, 1.82) is 0 Å². The number of hydrogen-bond donors (Lipinski definition) is 1. The normalized spacial score (nSPS) is 21.8. The van der Waals surface area contributed by atoms with Crippen LogP contribution in [0.2, 0.25) is 0 Å². The van der Waals surface area contributed by atoms with Crippen LogP contribution in [0, 0.1) is 6.92 Å². The molecule has 1 aromatic heterocycles. The molecular weight excluding hydrogens is 276 g/mol. The molecule has 0 saturated heterocycles. The van der Waals surface area contributed by atoms with Crippen LogP contribution in [0.4, 0.5) is 0 Å². The molecule has 3 atom stereocenters. The summed E-state index contributed by atoms with van der Waals surface area (Å²) >= 11 is 1.89. The Morgan fingerprint density at radius 3 is 2.86 bits per heavy atom. The standard InChI is InChI=1S/C18H24N2S/c1-12-5-4-6-15(11-12)18(13(2)19)20-9-7-17-16(14(20)3)8-10-21-17/h4-6,8,10-11,13-14,18H,7,9,19H2,1-3H3. The van der Waals surface area contributed by atoms with Crippen LogP contribution in [-0.4, -0.2) is 17.5 Å². The highest BCUT2D eigenvalue weighted by Crippen LogP contribution is 2.39. The van der Waals surface area contributed by atoms with E-state index < -0.39 is 0 Å². The maximum Gasteiger partial charge on any atom is 0.0502 e. The van der Waals surface area contributed by atoms with Gasteiger partial charge in [-0.05, 0) is 49.8 Å². The fourth-order valence-electron chi connectivity index (χ4n) is 3.56. The molecule has 0 radical (unpaired) electrons. The molecule has 2 heterocycles. The van der Waals surface area contributed by atoms with Gasteiger partial charge >= 0.3 is 0 Å². The summed E-state index contributed by atoms with van der Waals surface area (Å²) in [7, 11) is 0. The van der Waals surface area contributed by atoms with Gasteiger partial charge in [0.15, 0.2) is 0 Å². The molecule has 21 heavy (non-hydrogen) atoms. The Labute approximate surface area is 131 Å². The first-order valence-corrected chi connectivity index (χ1v) is 8.60. The molecular formula is C18H24N2S. The monoisotopic (exact) mass is 300 g/mol. The van der Waals surface area contributed by atoms with Crippen LogP contribution < -0.4 is 5.73 Å². The molecule has 3 rings (SSSR count). The first-order valence-electron chi connectivity index (χ1n) is 7.72. The van der Waals surface area contributed by atoms with Crippen LogP contribution >= 0.6 is 11.3 Å². The Morgan fingerprint density at radius 1 is 1.33 bits per heavy atom. The van der Waals surface area contributed by atoms with Crippen molar-refractivity contribution in [2.24, 2.45) is 5.73 Å². The van der Waals surface area contributed by atoms with E-state index in [0.717, 1.165) is 13.0 Å². The third kappa shape index (κ3) is 2.78. The lowest BCUT2D eigenvalue weighted by Crippen LogP contribution is -2.43. The summed E-state index contributed by atoms with van der Waals surface area (Å²) in [6, 6.07) is 11.9. The van der Waals surface area contributed by atoms with Gasteiger partial charge in [-0.15, -0.1) is 11.3 Å². The number of fused-ring (bicyclic) bond motifs is 1. The predicted octanol–water partition coefficient (Wildman–Crippen LogP) is 4.06. The van der Waals surface area contributed by atoms with Gasteiger partial charge in [-0.2, -0.15) is 0 Å². The van der Waals surface area contributed by atoms with Crippen molar-refractivity contribution in [2.45, 2.75) is 45.3 Å². The number of rotatable bonds is 3. The number of benzene rings is 1. The van der Waals surface area contributed by atoms with Crippen molar-refractivity contribution in [3.8, 4) is 0 Å². The summed E-state index contributed by atoms with van der Waals surface area (Å²) in [6.45, 7) is 7.69. The molecule has 2 nitrogen and oxygen atoms in total. The van der Waals surface area contributed by atoms with Gasteiger partial charge in [0.05, 0.1) is 6.04 Å². The third-order valence-corrected chi connectivity index (χ3v) is 5.56. The van der Waals surface area contributed by atoms with Gasteiger partial charge in [-0.25, -0.2) is 0 Å². The summed E-state index contributed by atoms with van der Waals surface area (Å²) in [4.78, 5) is 4.13. The predicted molar refractivity (Wildman–Crippen MR) is 90.7 cm³/mol. The molecule has 0 bridgehead atoms. The van der Waals surface area contributed by atoms with E-state index in [2.05, 4.69) is 61.4 Å². The molecule has 3 unspecified atom stereocenters. The average Bonchev–Trinajstić information content (AvgIpc) is 2.91. The third-order valence-electron chi connectivity index (χ3n) is 4.56. The molecule has 1 aromatic carbocycles. The number of thiophene rings is 1. The first kappa shape index (κ1) is 14.8. The summed E-state index contributed by atoms with van der Waals surface area (Å²) in [5, 5.41) is 2.22. The quantitative estimate of drug-likeness (QED) is 0.926. The van der Waals surface area contributed by atoms with E-state index in [9.17, 15) is 0 Å². The minimum Gasteiger partial charge on any atom is -0.326 e. The van der Waals surface area contributed by atoms with Gasteiger partial charge < -0.3 is 5.73 Å². The zero-order chi connectivity index (χ0) is 15.0. The average molecular weight is 300 g/mol. The van der Waals surface area contributed by atoms with Crippen LogP contribution in [0.1, 0.15) is 47.5 Å². The Morgan fingerprint density at radius 2 is 2.14 bits per heavy atom. The highest BCUT2D eigenvalue weighted by atomic mass is 32.1. The zero-order valence-electron chi connectivity index (χ0n) is 13.0. The Balaban J connectivity index is 1.96. The Kier molecular flexibility index (Phi) is 4.16. The Hall–Kier alpha value is -1.16. The van der Waals surface area contributed by atoms with Gasteiger partial charge in [-0.1, -0.05) is 29.8 Å². The van der Waals surface area contributed by atoms with Crippen molar-refractivity contribution in [3.05, 3.63) is 57.3 Å². The maximum absolute atomic E-state index is 6.37. The van der Waals surface area contributed by atoms with E-state index in [1.165, 1.54) is 16.7 Å². The Bertz CT molecular complexity index is 617. The van der Waals surface area contributed by atoms with Crippen molar-refractivity contribution in [1.82, 2.24) is 4.90 Å². The van der Waals surface area contributed by atoms with Crippen LogP contribution in [0.5, 0.6) is 0 Å². The maximum atomic E-state index is 6.37. The number of aryl methyl sites for hydroxylation is 1. The van der Waals surface area contributed by atoms with Gasteiger partial charge in [0.2, 0.25) is 0 Å².